The molecule has 4 rings (SSSR count). The van der Waals surface area contributed by atoms with Crippen LogP contribution in [0.25, 0.3) is 22.5 Å². The lowest BCUT2D eigenvalue weighted by Crippen LogP contribution is -2.15. The topological polar surface area (TPSA) is 55.1 Å². The van der Waals surface area contributed by atoms with Crippen LogP contribution in [0.4, 0.5) is 0 Å². The smallest absolute Gasteiger partial charge is 0.282 e. The van der Waals surface area contributed by atoms with Crippen molar-refractivity contribution >= 4 is 5.91 Å². The molecule has 0 aliphatic carbocycles. The molecule has 4 heteroatoms. The first kappa shape index (κ1) is 15.8. The maximum Gasteiger partial charge on any atom is 0.282 e. The fourth-order valence-corrected chi connectivity index (χ4v) is 2.87. The van der Waals surface area contributed by atoms with Gasteiger partial charge in [0.15, 0.2) is 0 Å². The molecule has 0 fully saturated rings. The van der Waals surface area contributed by atoms with Crippen LogP contribution < -0.4 is 0 Å². The summed E-state index contributed by atoms with van der Waals surface area (Å²) in [5.74, 6) is -0.433. The van der Waals surface area contributed by atoms with Gasteiger partial charge in [0.25, 0.3) is 5.91 Å². The summed E-state index contributed by atoms with van der Waals surface area (Å²) >= 11 is 0. The summed E-state index contributed by atoms with van der Waals surface area (Å²) in [5.41, 5.74) is 3.40. The number of benzene rings is 3. The quantitative estimate of drug-likeness (QED) is 0.592. The Kier molecular flexibility index (Phi) is 4.07. The lowest BCUT2D eigenvalue weighted by Gasteiger charge is -2.07. The van der Waals surface area contributed by atoms with Crippen LogP contribution >= 0.6 is 0 Å². The van der Waals surface area contributed by atoms with Gasteiger partial charge in [-0.25, -0.2) is 0 Å². The first-order valence-corrected chi connectivity index (χ1v) is 8.27. The van der Waals surface area contributed by atoms with Crippen molar-refractivity contribution in [2.24, 2.45) is 0 Å². The molecule has 4 nitrogen and oxygen atoms in total. The summed E-state index contributed by atoms with van der Waals surface area (Å²) < 4.78 is 1.35. The molecule has 3 aromatic carbocycles. The zero-order valence-corrected chi connectivity index (χ0v) is 13.9. The molecule has 0 atom stereocenters. The Morgan fingerprint density at radius 1 is 0.769 bits per heavy atom. The van der Waals surface area contributed by atoms with E-state index >= 15 is 0 Å². The van der Waals surface area contributed by atoms with E-state index in [2.05, 4.69) is 5.10 Å². The van der Waals surface area contributed by atoms with Gasteiger partial charge in [0.05, 0.1) is 17.0 Å². The largest absolute Gasteiger partial charge is 0.507 e. The summed E-state index contributed by atoms with van der Waals surface area (Å²) in [7, 11) is 0. The van der Waals surface area contributed by atoms with Gasteiger partial charge in [-0.1, -0.05) is 72.8 Å². The van der Waals surface area contributed by atoms with Gasteiger partial charge in [-0.2, -0.15) is 9.78 Å². The van der Waals surface area contributed by atoms with E-state index < -0.39 is 0 Å². The third-order valence-corrected chi connectivity index (χ3v) is 4.18. The van der Waals surface area contributed by atoms with Crippen LogP contribution in [0.2, 0.25) is 0 Å². The van der Waals surface area contributed by atoms with Gasteiger partial charge in [-0.15, -0.1) is 0 Å². The number of hydrogen-bond acceptors (Lipinski definition) is 3. The Bertz CT molecular complexity index is 1050. The van der Waals surface area contributed by atoms with Gasteiger partial charge in [-0.05, 0) is 18.2 Å². The molecule has 0 unspecified atom stereocenters. The molecule has 0 saturated heterocycles. The number of phenols is 1. The number of aromatic hydroxyl groups is 1. The minimum Gasteiger partial charge on any atom is -0.507 e. The Morgan fingerprint density at radius 3 is 2.00 bits per heavy atom. The number of para-hydroxylation sites is 1. The summed E-state index contributed by atoms with van der Waals surface area (Å²) in [5, 5.41) is 14.6. The molecule has 0 aliphatic rings. The highest BCUT2D eigenvalue weighted by Crippen LogP contribution is 2.28. The lowest BCUT2D eigenvalue weighted by molar-refractivity contribution is 0.0945. The van der Waals surface area contributed by atoms with E-state index in [1.54, 1.807) is 18.2 Å². The molecule has 126 valence electrons. The number of carbonyl (C=O) groups excluding carboxylic acids is 1. The lowest BCUT2D eigenvalue weighted by atomic mass is 10.1. The van der Waals surface area contributed by atoms with Crippen molar-refractivity contribution in [3.05, 3.63) is 96.6 Å². The second-order valence-electron chi connectivity index (χ2n) is 5.88. The third kappa shape index (κ3) is 2.89. The number of hydrogen-bond donors (Lipinski definition) is 1. The van der Waals surface area contributed by atoms with Crippen LogP contribution in [0.3, 0.4) is 0 Å². The van der Waals surface area contributed by atoms with Crippen LogP contribution in [0.15, 0.2) is 91.0 Å². The molecule has 1 heterocycles. The van der Waals surface area contributed by atoms with Crippen LogP contribution in [0, 0.1) is 0 Å². The number of rotatable bonds is 3. The highest BCUT2D eigenvalue weighted by molar-refractivity contribution is 6.00. The highest BCUT2D eigenvalue weighted by Gasteiger charge is 2.20. The Hall–Kier alpha value is -3.66. The van der Waals surface area contributed by atoms with Crippen molar-refractivity contribution in [2.75, 3.05) is 0 Å². The van der Waals surface area contributed by atoms with E-state index in [4.69, 9.17) is 0 Å². The molecule has 26 heavy (non-hydrogen) atoms. The van der Waals surface area contributed by atoms with Crippen molar-refractivity contribution < 1.29 is 9.90 Å². The molecule has 1 N–H and O–H groups in total. The van der Waals surface area contributed by atoms with Gasteiger partial charge in [0.2, 0.25) is 0 Å². The van der Waals surface area contributed by atoms with E-state index in [-0.39, 0.29) is 17.2 Å². The first-order chi connectivity index (χ1) is 12.7. The number of carbonyl (C=O) groups is 1. The van der Waals surface area contributed by atoms with Gasteiger partial charge >= 0.3 is 0 Å². The molecule has 4 aromatic rings. The average Bonchev–Trinajstić information content (AvgIpc) is 3.15. The molecule has 1 aromatic heterocycles. The molecular weight excluding hydrogens is 324 g/mol. The zero-order chi connectivity index (χ0) is 17.9. The standard InChI is InChI=1S/C22H16N2O2/c25-21-14-8-7-13-18(21)22(26)24-20(17-11-5-2-6-12-17)15-19(23-24)16-9-3-1-4-10-16/h1-15,25H. The third-order valence-electron chi connectivity index (χ3n) is 4.18. The maximum atomic E-state index is 13.0. The molecule has 0 saturated carbocycles. The van der Waals surface area contributed by atoms with Crippen LogP contribution in [-0.4, -0.2) is 20.8 Å². The summed E-state index contributed by atoms with van der Waals surface area (Å²) in [6, 6.07) is 27.7. The number of nitrogens with zero attached hydrogens (tertiary/aromatic N) is 2. The number of phenolic OH excluding ortho intramolecular Hbond substituents is 1. The fourth-order valence-electron chi connectivity index (χ4n) is 2.87. The van der Waals surface area contributed by atoms with E-state index in [0.717, 1.165) is 11.1 Å². The highest BCUT2D eigenvalue weighted by atomic mass is 16.3. The van der Waals surface area contributed by atoms with Gasteiger partial charge in [0.1, 0.15) is 5.75 Å². The molecule has 0 radical (unpaired) electrons. The average molecular weight is 340 g/mol. The van der Waals surface area contributed by atoms with E-state index in [9.17, 15) is 9.90 Å². The van der Waals surface area contributed by atoms with Crippen LogP contribution in [0.5, 0.6) is 5.75 Å². The molecule has 0 aliphatic heterocycles. The fraction of sp³-hybridized carbons (Fsp3) is 0. The van der Waals surface area contributed by atoms with Crippen molar-refractivity contribution in [1.82, 2.24) is 9.78 Å². The predicted octanol–water partition coefficient (Wildman–Crippen LogP) is 4.61. The van der Waals surface area contributed by atoms with E-state index in [0.29, 0.717) is 11.4 Å². The van der Waals surface area contributed by atoms with Crippen molar-refractivity contribution in [3.8, 4) is 28.3 Å². The molecule has 0 amide bonds. The Morgan fingerprint density at radius 2 is 1.35 bits per heavy atom. The van der Waals surface area contributed by atoms with E-state index in [1.165, 1.54) is 10.7 Å². The zero-order valence-electron chi connectivity index (χ0n) is 13.9. The van der Waals surface area contributed by atoms with Crippen molar-refractivity contribution in [3.63, 3.8) is 0 Å². The van der Waals surface area contributed by atoms with Gasteiger partial charge in [-0.3, -0.25) is 4.79 Å². The Labute approximate surface area is 151 Å². The SMILES string of the molecule is O=C(c1ccccc1O)n1nc(-c2ccccc2)cc1-c1ccccc1. The number of aromatic nitrogens is 2. The molecule has 0 bridgehead atoms. The summed E-state index contributed by atoms with van der Waals surface area (Å²) in [6.45, 7) is 0. The van der Waals surface area contributed by atoms with Crippen LogP contribution in [0.1, 0.15) is 10.4 Å². The van der Waals surface area contributed by atoms with Gasteiger partial charge < -0.3 is 5.11 Å². The second-order valence-corrected chi connectivity index (χ2v) is 5.88. The Balaban J connectivity index is 1.89. The first-order valence-electron chi connectivity index (χ1n) is 8.27. The minimum atomic E-state index is -0.371. The van der Waals surface area contributed by atoms with E-state index in [1.807, 2.05) is 66.7 Å². The monoisotopic (exact) mass is 340 g/mol. The second kappa shape index (κ2) is 6.69. The minimum absolute atomic E-state index is 0.0618. The summed E-state index contributed by atoms with van der Waals surface area (Å²) in [4.78, 5) is 13.0. The molecular formula is C22H16N2O2. The van der Waals surface area contributed by atoms with Crippen molar-refractivity contribution in [2.45, 2.75) is 0 Å². The summed E-state index contributed by atoms with van der Waals surface area (Å²) in [6.07, 6.45) is 0. The predicted molar refractivity (Wildman–Crippen MR) is 101 cm³/mol. The van der Waals surface area contributed by atoms with Crippen molar-refractivity contribution in [1.29, 1.82) is 0 Å². The van der Waals surface area contributed by atoms with Crippen LogP contribution in [-0.2, 0) is 0 Å². The molecule has 0 spiro atoms. The normalized spacial score (nSPS) is 10.6. The maximum absolute atomic E-state index is 13.0. The van der Waals surface area contributed by atoms with Gasteiger partial charge in [0, 0.05) is 11.1 Å².